The third-order valence-corrected chi connectivity index (χ3v) is 1.37. The first kappa shape index (κ1) is 6.82. The lowest BCUT2D eigenvalue weighted by molar-refractivity contribution is 0.793. The Morgan fingerprint density at radius 3 is 3.30 bits per heavy atom. The molecule has 2 radical (unpaired) electrons. The van der Waals surface area contributed by atoms with Gasteiger partial charge in [-0.15, -0.1) is 0 Å². The van der Waals surface area contributed by atoms with Gasteiger partial charge in [-0.25, -0.2) is 0 Å². The monoisotopic (exact) mass is 129 g/mol. The van der Waals surface area contributed by atoms with Gasteiger partial charge in [-0.3, -0.25) is 0 Å². The molecule has 48 valence electrons. The van der Waals surface area contributed by atoms with Crippen LogP contribution in [0.4, 0.5) is 0 Å². The fraction of sp³-hybridized carbons (Fsp3) is 0.222. The largest absolute Gasteiger partial charge is 0.192 e. The second-order valence-electron chi connectivity index (χ2n) is 2.11. The van der Waals surface area contributed by atoms with Crippen LogP contribution in [0.3, 0.4) is 0 Å². The third kappa shape index (κ3) is 1.35. The number of allylic oxidation sites excluding steroid dienone is 5. The quantitative estimate of drug-likeness (QED) is 0.529. The van der Waals surface area contributed by atoms with Crippen molar-refractivity contribution < 1.29 is 0 Å². The molecule has 1 heteroatoms. The van der Waals surface area contributed by atoms with Gasteiger partial charge in [0.1, 0.15) is 0 Å². The van der Waals surface area contributed by atoms with Crippen molar-refractivity contribution in [3.8, 4) is 6.07 Å². The summed E-state index contributed by atoms with van der Waals surface area (Å²) >= 11 is 0. The Hall–Kier alpha value is -1.29. The Kier molecular flexibility index (Phi) is 2.07. The van der Waals surface area contributed by atoms with E-state index in [1.54, 1.807) is 12.2 Å². The van der Waals surface area contributed by atoms with Crippen LogP contribution in [0.15, 0.2) is 23.8 Å². The fourth-order valence-corrected chi connectivity index (χ4v) is 0.835. The van der Waals surface area contributed by atoms with E-state index in [1.165, 1.54) is 0 Å². The molecule has 0 spiro atoms. The second kappa shape index (κ2) is 3.03. The van der Waals surface area contributed by atoms with E-state index in [2.05, 4.69) is 6.08 Å². The summed E-state index contributed by atoms with van der Waals surface area (Å²) in [6.45, 7) is 5.28. The first-order valence-corrected chi connectivity index (χ1v) is 3.12. The molecule has 0 aliphatic heterocycles. The summed E-state index contributed by atoms with van der Waals surface area (Å²) in [6, 6.07) is 2.01. The molecular formula is C9H7N. The summed E-state index contributed by atoms with van der Waals surface area (Å²) in [6.07, 6.45) is 9.06. The molecular weight excluding hydrogens is 122 g/mol. The fourth-order valence-electron chi connectivity index (χ4n) is 0.835. The van der Waals surface area contributed by atoms with E-state index in [0.29, 0.717) is 5.57 Å². The normalized spacial score (nSPS) is 23.1. The standard InChI is InChI=1S/C9H7N/c1-2-8-4-3-5-9(6-8)7-10/h1-3,5,8H,4H2/t8-/m1/s1. The van der Waals surface area contributed by atoms with Crippen molar-refractivity contribution >= 4 is 0 Å². The molecule has 0 unspecified atom stereocenters. The molecule has 0 aromatic carbocycles. The predicted octanol–water partition coefficient (Wildman–Crippen LogP) is 1.80. The van der Waals surface area contributed by atoms with E-state index in [1.807, 2.05) is 12.1 Å². The van der Waals surface area contributed by atoms with Crippen LogP contribution in [0.2, 0.25) is 0 Å². The van der Waals surface area contributed by atoms with Crippen LogP contribution < -0.4 is 0 Å². The topological polar surface area (TPSA) is 23.8 Å². The Morgan fingerprint density at radius 2 is 2.70 bits per heavy atom. The minimum Gasteiger partial charge on any atom is -0.192 e. The molecule has 1 aliphatic rings. The maximum absolute atomic E-state index is 8.45. The molecule has 0 fully saturated rings. The molecule has 0 saturated carbocycles. The van der Waals surface area contributed by atoms with Crippen molar-refractivity contribution in [3.05, 3.63) is 36.5 Å². The van der Waals surface area contributed by atoms with Crippen molar-refractivity contribution in [2.45, 2.75) is 6.42 Å². The Morgan fingerprint density at radius 1 is 1.90 bits per heavy atom. The average molecular weight is 129 g/mol. The van der Waals surface area contributed by atoms with Gasteiger partial charge >= 0.3 is 0 Å². The van der Waals surface area contributed by atoms with E-state index in [9.17, 15) is 0 Å². The van der Waals surface area contributed by atoms with Gasteiger partial charge in [-0.2, -0.15) is 5.26 Å². The summed E-state index contributed by atoms with van der Waals surface area (Å²) in [5, 5.41) is 8.45. The maximum Gasteiger partial charge on any atom is 0.0994 e. The van der Waals surface area contributed by atoms with Crippen LogP contribution in [0.5, 0.6) is 0 Å². The maximum atomic E-state index is 8.45. The zero-order chi connectivity index (χ0) is 7.40. The van der Waals surface area contributed by atoms with E-state index in [4.69, 9.17) is 11.8 Å². The first-order chi connectivity index (χ1) is 4.86. The van der Waals surface area contributed by atoms with E-state index in [0.717, 1.165) is 6.42 Å². The molecule has 0 N–H and O–H groups in total. The highest BCUT2D eigenvalue weighted by atomic mass is 14.2. The SMILES string of the molecule is [CH]=C[C@H]1[C]=C(C#N)C=CC1. The molecule has 1 rings (SSSR count). The Labute approximate surface area is 61.0 Å². The summed E-state index contributed by atoms with van der Waals surface area (Å²) in [4.78, 5) is 0. The number of hydrogen-bond donors (Lipinski definition) is 0. The second-order valence-corrected chi connectivity index (χ2v) is 2.11. The molecule has 0 aromatic rings. The summed E-state index contributed by atoms with van der Waals surface area (Å²) in [5.74, 6) is 0.125. The van der Waals surface area contributed by atoms with Crippen molar-refractivity contribution in [1.29, 1.82) is 5.26 Å². The van der Waals surface area contributed by atoms with Crippen LogP contribution in [0.25, 0.3) is 0 Å². The lowest BCUT2D eigenvalue weighted by Crippen LogP contribution is -1.95. The molecule has 0 saturated heterocycles. The molecule has 1 atom stereocenters. The lowest BCUT2D eigenvalue weighted by atomic mass is 9.97. The van der Waals surface area contributed by atoms with Crippen molar-refractivity contribution in [2.75, 3.05) is 0 Å². The highest BCUT2D eigenvalue weighted by Crippen LogP contribution is 2.15. The molecule has 0 bridgehead atoms. The van der Waals surface area contributed by atoms with Gasteiger partial charge in [0.25, 0.3) is 0 Å². The van der Waals surface area contributed by atoms with Crippen LogP contribution in [0.1, 0.15) is 6.42 Å². The van der Waals surface area contributed by atoms with Crippen molar-refractivity contribution in [2.24, 2.45) is 5.92 Å². The van der Waals surface area contributed by atoms with Gasteiger partial charge in [-0.05, 0) is 18.6 Å². The summed E-state index contributed by atoms with van der Waals surface area (Å²) < 4.78 is 0. The molecule has 0 aromatic heterocycles. The first-order valence-electron chi connectivity index (χ1n) is 3.12. The van der Waals surface area contributed by atoms with E-state index < -0.39 is 0 Å². The molecule has 0 amide bonds. The van der Waals surface area contributed by atoms with Crippen molar-refractivity contribution in [3.63, 3.8) is 0 Å². The zero-order valence-corrected chi connectivity index (χ0v) is 5.54. The summed E-state index contributed by atoms with van der Waals surface area (Å²) in [5.41, 5.74) is 0.581. The zero-order valence-electron chi connectivity index (χ0n) is 5.54. The Balaban J connectivity index is 2.76. The Bertz CT molecular complexity index is 228. The number of nitrogens with zero attached hydrogens (tertiary/aromatic N) is 1. The van der Waals surface area contributed by atoms with Gasteiger partial charge in [-0.1, -0.05) is 18.7 Å². The predicted molar refractivity (Wildman–Crippen MR) is 38.5 cm³/mol. The van der Waals surface area contributed by atoms with E-state index in [-0.39, 0.29) is 5.92 Å². The van der Waals surface area contributed by atoms with Gasteiger partial charge in [0.15, 0.2) is 0 Å². The minimum atomic E-state index is 0.125. The van der Waals surface area contributed by atoms with Crippen LogP contribution in [0, 0.1) is 29.9 Å². The van der Waals surface area contributed by atoms with Crippen LogP contribution in [-0.2, 0) is 0 Å². The molecule has 1 aliphatic carbocycles. The number of rotatable bonds is 1. The minimum absolute atomic E-state index is 0.125. The van der Waals surface area contributed by atoms with Gasteiger partial charge < -0.3 is 0 Å². The van der Waals surface area contributed by atoms with Crippen LogP contribution in [-0.4, -0.2) is 0 Å². The number of hydrogen-bond acceptors (Lipinski definition) is 1. The lowest BCUT2D eigenvalue weighted by Gasteiger charge is -2.06. The molecule has 0 heterocycles. The van der Waals surface area contributed by atoms with Crippen molar-refractivity contribution in [1.82, 2.24) is 0 Å². The average Bonchev–Trinajstić information content (AvgIpc) is 2.05. The van der Waals surface area contributed by atoms with Gasteiger partial charge in [0.05, 0.1) is 11.6 Å². The van der Waals surface area contributed by atoms with Gasteiger partial charge in [0, 0.05) is 5.92 Å². The van der Waals surface area contributed by atoms with Crippen LogP contribution >= 0.6 is 0 Å². The molecule has 1 nitrogen and oxygen atoms in total. The van der Waals surface area contributed by atoms with E-state index >= 15 is 0 Å². The summed E-state index contributed by atoms with van der Waals surface area (Å²) in [7, 11) is 0. The smallest absolute Gasteiger partial charge is 0.0994 e. The highest BCUT2D eigenvalue weighted by Gasteiger charge is 2.04. The number of nitriles is 1. The third-order valence-electron chi connectivity index (χ3n) is 1.37. The van der Waals surface area contributed by atoms with Gasteiger partial charge in [0.2, 0.25) is 0 Å². The molecule has 10 heavy (non-hydrogen) atoms. The highest BCUT2D eigenvalue weighted by molar-refractivity contribution is 5.33.